The Kier molecular flexibility index (Phi) is 2.65. The smallest absolute Gasteiger partial charge is 0.125 e. The van der Waals surface area contributed by atoms with Crippen molar-refractivity contribution in [3.8, 4) is 5.75 Å². The van der Waals surface area contributed by atoms with Crippen molar-refractivity contribution >= 4 is 11.6 Å². The van der Waals surface area contributed by atoms with Crippen molar-refractivity contribution in [2.24, 2.45) is 0 Å². The summed E-state index contributed by atoms with van der Waals surface area (Å²) in [7, 11) is 1.70. The van der Waals surface area contributed by atoms with Crippen LogP contribution in [0, 0.1) is 6.92 Å². The molecule has 0 N–H and O–H groups in total. The molecular formula is C12H15ClO2. The molecule has 0 unspecified atom stereocenters. The first-order chi connectivity index (χ1) is 7.07. The van der Waals surface area contributed by atoms with Crippen molar-refractivity contribution in [2.45, 2.75) is 19.3 Å². The molecule has 82 valence electrons. The van der Waals surface area contributed by atoms with Gasteiger partial charge in [0.1, 0.15) is 5.75 Å². The summed E-state index contributed by atoms with van der Waals surface area (Å²) in [6, 6.07) is 3.91. The lowest BCUT2D eigenvalue weighted by atomic mass is 9.79. The van der Waals surface area contributed by atoms with Crippen LogP contribution in [0.5, 0.6) is 5.75 Å². The largest absolute Gasteiger partial charge is 0.496 e. The van der Waals surface area contributed by atoms with Gasteiger partial charge in [0.25, 0.3) is 0 Å². The van der Waals surface area contributed by atoms with E-state index in [9.17, 15) is 0 Å². The van der Waals surface area contributed by atoms with Crippen molar-refractivity contribution in [3.63, 3.8) is 0 Å². The molecule has 0 atom stereocenters. The van der Waals surface area contributed by atoms with Crippen LogP contribution in [0.25, 0.3) is 0 Å². The molecular weight excluding hydrogens is 212 g/mol. The van der Waals surface area contributed by atoms with Gasteiger partial charge in [-0.1, -0.05) is 18.5 Å². The summed E-state index contributed by atoms with van der Waals surface area (Å²) in [5.74, 6) is 0.935. The standard InChI is InChI=1S/C12H15ClO2/c1-8-4-9(13)5-10(11(8)14-3)12(2)6-15-7-12/h4-5H,6-7H2,1-3H3. The zero-order chi connectivity index (χ0) is 11.1. The Morgan fingerprint density at radius 2 is 2.07 bits per heavy atom. The molecule has 2 nitrogen and oxygen atoms in total. The molecule has 0 amide bonds. The normalized spacial score (nSPS) is 18.4. The van der Waals surface area contributed by atoms with Crippen molar-refractivity contribution in [1.82, 2.24) is 0 Å². The molecule has 2 rings (SSSR count). The van der Waals surface area contributed by atoms with Crippen molar-refractivity contribution in [3.05, 3.63) is 28.3 Å². The maximum absolute atomic E-state index is 6.07. The molecule has 0 radical (unpaired) electrons. The molecule has 0 spiro atoms. The molecule has 1 aromatic carbocycles. The van der Waals surface area contributed by atoms with E-state index in [0.29, 0.717) is 0 Å². The third-order valence-corrected chi connectivity index (χ3v) is 3.15. The Hall–Kier alpha value is -0.730. The highest BCUT2D eigenvalue weighted by Crippen LogP contribution is 2.40. The molecule has 1 aliphatic heterocycles. The summed E-state index contributed by atoms with van der Waals surface area (Å²) in [4.78, 5) is 0. The van der Waals surface area contributed by atoms with Gasteiger partial charge >= 0.3 is 0 Å². The van der Waals surface area contributed by atoms with Crippen molar-refractivity contribution < 1.29 is 9.47 Å². The van der Waals surface area contributed by atoms with E-state index in [0.717, 1.165) is 35.1 Å². The second-order valence-electron chi connectivity index (χ2n) is 4.36. The maximum Gasteiger partial charge on any atom is 0.125 e. The average Bonchev–Trinajstić information content (AvgIpc) is 2.13. The van der Waals surface area contributed by atoms with E-state index in [1.165, 1.54) is 0 Å². The second kappa shape index (κ2) is 3.69. The molecule has 0 aromatic heterocycles. The Bertz CT molecular complexity index is 383. The van der Waals surface area contributed by atoms with Crippen LogP contribution < -0.4 is 4.74 Å². The SMILES string of the molecule is COc1c(C)cc(Cl)cc1C1(C)COC1. The van der Waals surface area contributed by atoms with Crippen LogP contribution in [0.4, 0.5) is 0 Å². The van der Waals surface area contributed by atoms with Gasteiger partial charge in [-0.25, -0.2) is 0 Å². The van der Waals surface area contributed by atoms with Gasteiger partial charge in [-0.05, 0) is 24.6 Å². The molecule has 3 heteroatoms. The van der Waals surface area contributed by atoms with Crippen molar-refractivity contribution in [2.75, 3.05) is 20.3 Å². The van der Waals surface area contributed by atoms with Crippen LogP contribution in [-0.4, -0.2) is 20.3 Å². The number of methoxy groups -OCH3 is 1. The highest BCUT2D eigenvalue weighted by molar-refractivity contribution is 6.30. The molecule has 0 bridgehead atoms. The lowest BCUT2D eigenvalue weighted by molar-refractivity contribution is -0.0509. The lowest BCUT2D eigenvalue weighted by Crippen LogP contribution is -2.44. The predicted molar refractivity (Wildman–Crippen MR) is 60.9 cm³/mol. The van der Waals surface area contributed by atoms with Crippen LogP contribution >= 0.6 is 11.6 Å². The van der Waals surface area contributed by atoms with E-state index in [1.54, 1.807) is 7.11 Å². The van der Waals surface area contributed by atoms with Gasteiger partial charge in [0.2, 0.25) is 0 Å². The van der Waals surface area contributed by atoms with E-state index in [4.69, 9.17) is 21.1 Å². The van der Waals surface area contributed by atoms with E-state index in [-0.39, 0.29) is 5.41 Å². The number of halogens is 1. The van der Waals surface area contributed by atoms with E-state index in [1.807, 2.05) is 19.1 Å². The first-order valence-electron chi connectivity index (χ1n) is 4.99. The maximum atomic E-state index is 6.07. The number of rotatable bonds is 2. The second-order valence-corrected chi connectivity index (χ2v) is 4.79. The summed E-state index contributed by atoms with van der Waals surface area (Å²) < 4.78 is 10.7. The molecule has 1 fully saturated rings. The molecule has 1 aromatic rings. The minimum atomic E-state index is 0.0566. The highest BCUT2D eigenvalue weighted by Gasteiger charge is 2.38. The van der Waals surface area contributed by atoms with Gasteiger partial charge in [0, 0.05) is 16.0 Å². The molecule has 0 aliphatic carbocycles. The number of aryl methyl sites for hydroxylation is 1. The van der Waals surface area contributed by atoms with Gasteiger partial charge in [0.15, 0.2) is 0 Å². The number of hydrogen-bond acceptors (Lipinski definition) is 2. The van der Waals surface area contributed by atoms with Crippen LogP contribution in [0.3, 0.4) is 0 Å². The fourth-order valence-electron chi connectivity index (χ4n) is 2.01. The average molecular weight is 227 g/mol. The fourth-order valence-corrected chi connectivity index (χ4v) is 2.29. The first kappa shape index (κ1) is 10.8. The van der Waals surface area contributed by atoms with Gasteiger partial charge in [-0.3, -0.25) is 0 Å². The Morgan fingerprint density at radius 3 is 2.53 bits per heavy atom. The van der Waals surface area contributed by atoms with Crippen LogP contribution in [0.15, 0.2) is 12.1 Å². The minimum Gasteiger partial charge on any atom is -0.496 e. The molecule has 1 aliphatic rings. The predicted octanol–water partition coefficient (Wildman–Crippen LogP) is 2.94. The number of ether oxygens (including phenoxy) is 2. The van der Waals surface area contributed by atoms with Gasteiger partial charge < -0.3 is 9.47 Å². The number of hydrogen-bond donors (Lipinski definition) is 0. The first-order valence-corrected chi connectivity index (χ1v) is 5.37. The monoisotopic (exact) mass is 226 g/mol. The van der Waals surface area contributed by atoms with Crippen LogP contribution in [0.1, 0.15) is 18.1 Å². The Labute approximate surface area is 95.1 Å². The fraction of sp³-hybridized carbons (Fsp3) is 0.500. The summed E-state index contributed by atoms with van der Waals surface area (Å²) in [5.41, 5.74) is 2.29. The summed E-state index contributed by atoms with van der Waals surface area (Å²) >= 11 is 6.07. The zero-order valence-electron chi connectivity index (χ0n) is 9.26. The number of benzene rings is 1. The zero-order valence-corrected chi connectivity index (χ0v) is 10.0. The highest BCUT2D eigenvalue weighted by atomic mass is 35.5. The van der Waals surface area contributed by atoms with Crippen LogP contribution in [0.2, 0.25) is 5.02 Å². The Morgan fingerprint density at radius 1 is 1.40 bits per heavy atom. The van der Waals surface area contributed by atoms with Crippen LogP contribution in [-0.2, 0) is 10.2 Å². The lowest BCUT2D eigenvalue weighted by Gasteiger charge is -2.39. The van der Waals surface area contributed by atoms with Gasteiger partial charge in [0.05, 0.1) is 20.3 Å². The summed E-state index contributed by atoms with van der Waals surface area (Å²) in [6.45, 7) is 5.66. The summed E-state index contributed by atoms with van der Waals surface area (Å²) in [6.07, 6.45) is 0. The van der Waals surface area contributed by atoms with E-state index in [2.05, 4.69) is 6.92 Å². The van der Waals surface area contributed by atoms with E-state index >= 15 is 0 Å². The third-order valence-electron chi connectivity index (χ3n) is 2.94. The van der Waals surface area contributed by atoms with Gasteiger partial charge in [-0.2, -0.15) is 0 Å². The summed E-state index contributed by atoms with van der Waals surface area (Å²) in [5, 5.41) is 0.761. The molecule has 0 saturated carbocycles. The molecule has 1 saturated heterocycles. The third kappa shape index (κ3) is 1.72. The van der Waals surface area contributed by atoms with E-state index < -0.39 is 0 Å². The van der Waals surface area contributed by atoms with Gasteiger partial charge in [-0.15, -0.1) is 0 Å². The van der Waals surface area contributed by atoms with Crippen molar-refractivity contribution in [1.29, 1.82) is 0 Å². The minimum absolute atomic E-state index is 0.0566. The Balaban J connectivity index is 2.53. The quantitative estimate of drug-likeness (QED) is 0.772. The topological polar surface area (TPSA) is 18.5 Å². The molecule has 15 heavy (non-hydrogen) atoms. The molecule has 1 heterocycles.